The van der Waals surface area contributed by atoms with E-state index >= 15 is 0 Å². The second-order valence-corrected chi connectivity index (χ2v) is 36.6. The molecule has 9 aromatic carbocycles. The number of hydrogen-bond donors (Lipinski definition) is 3. The Bertz CT molecular complexity index is 4490. The number of benzene rings is 9. The molecule has 1 aliphatic carbocycles. The van der Waals surface area contributed by atoms with Crippen molar-refractivity contribution in [1.29, 1.82) is 0 Å². The van der Waals surface area contributed by atoms with Gasteiger partial charge in [0, 0.05) is 109 Å². The summed E-state index contributed by atoms with van der Waals surface area (Å²) >= 11 is 0. The van der Waals surface area contributed by atoms with Gasteiger partial charge in [0.1, 0.15) is 54.3 Å². The summed E-state index contributed by atoms with van der Waals surface area (Å²) in [7, 11) is -7.79. The van der Waals surface area contributed by atoms with Gasteiger partial charge in [-0.1, -0.05) is 152 Å². The van der Waals surface area contributed by atoms with Crippen molar-refractivity contribution >= 4 is 47.1 Å². The maximum atomic E-state index is 14.9. The molecule has 1 aliphatic rings. The van der Waals surface area contributed by atoms with E-state index < -0.39 is 46.3 Å². The van der Waals surface area contributed by atoms with Crippen LogP contribution in [0.4, 0.5) is 17.1 Å². The van der Waals surface area contributed by atoms with E-state index in [1.165, 1.54) is 0 Å². The van der Waals surface area contributed by atoms with Crippen LogP contribution >= 0.6 is 0 Å². The van der Waals surface area contributed by atoms with Crippen LogP contribution in [-0.2, 0) is 99.1 Å². The van der Waals surface area contributed by atoms with Crippen LogP contribution < -0.4 is 42.6 Å². The lowest BCUT2D eigenvalue weighted by Crippen LogP contribution is -2.17. The van der Waals surface area contributed by atoms with Gasteiger partial charge in [-0.2, -0.15) is 0 Å². The molecule has 21 nitrogen and oxygen atoms in total. The van der Waals surface area contributed by atoms with Gasteiger partial charge in [0.05, 0.1) is 55.8 Å². The second kappa shape index (κ2) is 39.0. The van der Waals surface area contributed by atoms with E-state index in [2.05, 4.69) is 113 Å². The van der Waals surface area contributed by atoms with Crippen molar-refractivity contribution in [2.75, 3.05) is 95.0 Å². The van der Waals surface area contributed by atoms with Crippen molar-refractivity contribution < 1.29 is 84.3 Å². The fourth-order valence-corrected chi connectivity index (χ4v) is 17.1. The van der Waals surface area contributed by atoms with Crippen LogP contribution in [0.5, 0.6) is 34.5 Å². The molecule has 0 saturated carbocycles. The van der Waals surface area contributed by atoms with Gasteiger partial charge in [0.15, 0.2) is 0 Å². The Morgan fingerprint density at radius 3 is 0.640 bits per heavy atom. The third-order valence-corrected chi connectivity index (χ3v) is 23.9. The number of sulfonamides is 3. The third-order valence-electron chi connectivity index (χ3n) is 19.7. The maximum absolute atomic E-state index is 14.9. The lowest BCUT2D eigenvalue weighted by Gasteiger charge is -2.27. The summed E-state index contributed by atoms with van der Waals surface area (Å²) in [6.45, 7) is 33.1. The van der Waals surface area contributed by atoms with E-state index in [1.54, 1.807) is 94.1 Å². The molecule has 0 spiro atoms. The summed E-state index contributed by atoms with van der Waals surface area (Å²) in [5.74, 6) is 3.04. The molecule has 0 amide bonds. The Morgan fingerprint density at radius 1 is 0.289 bits per heavy atom. The van der Waals surface area contributed by atoms with E-state index in [4.69, 9.17) is 42.6 Å². The summed E-state index contributed by atoms with van der Waals surface area (Å²) in [5, 5.41) is 0. The van der Waals surface area contributed by atoms with E-state index in [-0.39, 0.29) is 126 Å². The SMILES string of the molecule is CCOCCOc1c2cc(NS(=O)(=O)c3ccc(C)cc3)cc1Cc1cc(C(C)(C)C)cc(c1OC)Cc1cc(NS(=O)(=O)c3ccc(C)cc3)cc(c1OCCOCC)Cc1cc(C(C)(C)C)cc(c1OC)Cc1cc(NS(=O)(=O)c3ccc(C)cc3)cc(c1OCCOCC)Cc1cc(C(C)(C)C)cc(c1OC)C2.O.O.O. The standard InChI is InChI=1S/C90H111N3O15S3.3H2O/c1-19-103-34-37-106-85-67-40-61-46-73(88(7,8)9)48-63(82(61)100-16)42-69-54-77(92-110(96,97)80-30-24-59(5)25-31-80)56-71(86(69)107-38-35-104-20-2)44-65-50-75(90(13,14)15)51-66(84(65)102-18)45-72-57-78(93-111(98,99)81-32-26-60(6)27-33-81)55-70(87(72)108-39-36-105-21-3)43-64-49-74(89(10,11)12)47-62(83(64)101-17)41-68(85)53-76(52-67)91-109(94,95)79-28-22-58(4)23-29-79;;;/h22-33,46-57,91-93H,19-21,34-45H2,1-18H3;3*1H2. The molecule has 0 aliphatic heterocycles. The van der Waals surface area contributed by atoms with Gasteiger partial charge in [0.2, 0.25) is 0 Å². The molecule has 9 aromatic rings. The molecule has 0 fully saturated rings. The molecule has 12 bridgehead atoms. The molecule has 24 heteroatoms. The predicted octanol–water partition coefficient (Wildman–Crippen LogP) is 15.6. The Morgan fingerprint density at radius 2 is 0.474 bits per heavy atom. The molecule has 9 N–H and O–H groups in total. The molecule has 0 aromatic heterocycles. The Balaban J connectivity index is 0.00000600. The predicted molar refractivity (Wildman–Crippen MR) is 454 cm³/mol. The van der Waals surface area contributed by atoms with Gasteiger partial charge in [0.25, 0.3) is 30.1 Å². The molecular weight excluding hydrogens is 1510 g/mol. The van der Waals surface area contributed by atoms with Crippen molar-refractivity contribution in [3.05, 3.63) is 246 Å². The van der Waals surface area contributed by atoms with Gasteiger partial charge >= 0.3 is 0 Å². The highest BCUT2D eigenvalue weighted by molar-refractivity contribution is 7.93. The fourth-order valence-electron chi connectivity index (χ4n) is 14.0. The van der Waals surface area contributed by atoms with Crippen LogP contribution in [0.3, 0.4) is 0 Å². The van der Waals surface area contributed by atoms with Crippen LogP contribution in [0.25, 0.3) is 0 Å². The first-order chi connectivity index (χ1) is 52.5. The van der Waals surface area contributed by atoms with E-state index in [1.807, 2.05) is 77.9 Å². The smallest absolute Gasteiger partial charge is 0.261 e. The topological polar surface area (TPSA) is 316 Å². The Labute approximate surface area is 675 Å². The average molecular weight is 1630 g/mol. The zero-order valence-electron chi connectivity index (χ0n) is 69.3. The largest absolute Gasteiger partial charge is 0.496 e. The first-order valence-corrected chi connectivity index (χ1v) is 42.5. The first-order valence-electron chi connectivity index (χ1n) is 38.0. The maximum Gasteiger partial charge on any atom is 0.261 e. The number of aryl methyl sites for hydroxylation is 3. The number of methoxy groups -OCH3 is 3. The molecule has 10 rings (SSSR count). The number of ether oxygens (including phenoxy) is 9. The molecular formula is C90H117N3O18S3. The zero-order chi connectivity index (χ0) is 80.4. The number of anilines is 3. The second-order valence-electron chi connectivity index (χ2n) is 31.6. The molecule has 0 heterocycles. The number of fused-ring (bicyclic) bond motifs is 12. The monoisotopic (exact) mass is 1620 g/mol. The van der Waals surface area contributed by atoms with Crippen molar-refractivity contribution in [3.8, 4) is 34.5 Å². The van der Waals surface area contributed by atoms with Gasteiger partial charge < -0.3 is 59.1 Å². The van der Waals surface area contributed by atoms with Gasteiger partial charge in [-0.15, -0.1) is 0 Å². The summed E-state index contributed by atoms with van der Waals surface area (Å²) in [5.41, 5.74) is 13.1. The summed E-state index contributed by atoms with van der Waals surface area (Å²) in [4.78, 5) is 0.215. The normalized spacial score (nSPS) is 12.7. The minimum absolute atomic E-state index is 0. The van der Waals surface area contributed by atoms with Crippen LogP contribution in [-0.4, -0.2) is 122 Å². The minimum Gasteiger partial charge on any atom is -0.496 e. The molecule has 618 valence electrons. The van der Waals surface area contributed by atoms with E-state index in [0.717, 1.165) is 66.8 Å². The van der Waals surface area contributed by atoms with Crippen molar-refractivity contribution in [2.45, 2.75) is 173 Å². The highest BCUT2D eigenvalue weighted by atomic mass is 32.2. The lowest BCUT2D eigenvalue weighted by molar-refractivity contribution is 0.109. The van der Waals surface area contributed by atoms with E-state index in [9.17, 15) is 25.3 Å². The van der Waals surface area contributed by atoms with Gasteiger partial charge in [-0.25, -0.2) is 25.3 Å². The highest BCUT2D eigenvalue weighted by Gasteiger charge is 2.31. The van der Waals surface area contributed by atoms with Crippen LogP contribution in [0.2, 0.25) is 0 Å². The van der Waals surface area contributed by atoms with Crippen molar-refractivity contribution in [2.24, 2.45) is 0 Å². The van der Waals surface area contributed by atoms with Crippen LogP contribution in [0.1, 0.15) is 183 Å². The van der Waals surface area contributed by atoms with Crippen LogP contribution in [0, 0.1) is 20.8 Å². The van der Waals surface area contributed by atoms with Crippen LogP contribution in [0.15, 0.2) is 160 Å². The van der Waals surface area contributed by atoms with E-state index in [0.29, 0.717) is 87.7 Å². The number of rotatable bonds is 27. The Kier molecular flexibility index (Phi) is 31.4. The number of hydrogen-bond acceptors (Lipinski definition) is 15. The first kappa shape index (κ1) is 92.0. The minimum atomic E-state index is -4.23. The summed E-state index contributed by atoms with van der Waals surface area (Å²) < 4.78 is 158. The van der Waals surface area contributed by atoms with Gasteiger partial charge in [-0.3, -0.25) is 14.2 Å². The molecule has 0 radical (unpaired) electrons. The molecule has 114 heavy (non-hydrogen) atoms. The molecule has 0 unspecified atom stereocenters. The fraction of sp³-hybridized carbons (Fsp3) is 0.400. The quantitative estimate of drug-likeness (QED) is 0.0403. The molecule has 0 saturated heterocycles. The summed E-state index contributed by atoms with van der Waals surface area (Å²) in [6.07, 6.45) is 0.867. The average Bonchev–Trinajstić information content (AvgIpc) is 0.769. The third kappa shape index (κ3) is 22.9. The molecule has 0 atom stereocenters. The lowest BCUT2D eigenvalue weighted by atomic mass is 9.81. The van der Waals surface area contributed by atoms with Crippen molar-refractivity contribution in [1.82, 2.24) is 0 Å². The summed E-state index contributed by atoms with van der Waals surface area (Å²) in [6, 6.07) is 43.8. The zero-order valence-corrected chi connectivity index (χ0v) is 71.8. The van der Waals surface area contributed by atoms with Gasteiger partial charge in [-0.05, 0) is 181 Å². The highest BCUT2D eigenvalue weighted by Crippen LogP contribution is 2.46. The van der Waals surface area contributed by atoms with Crippen molar-refractivity contribution in [3.63, 3.8) is 0 Å². The Hall–Kier alpha value is -9.21. The number of nitrogens with one attached hydrogen (secondary N) is 3.